The van der Waals surface area contributed by atoms with Crippen molar-refractivity contribution in [1.29, 1.82) is 0 Å². The number of carbonyl (C=O) groups excluding carboxylic acids is 2. The van der Waals surface area contributed by atoms with Gasteiger partial charge in [-0.05, 0) is 43.0 Å². The molecule has 0 spiro atoms. The van der Waals surface area contributed by atoms with Gasteiger partial charge < -0.3 is 10.1 Å². The number of hydrogen-bond acceptors (Lipinski definition) is 5. The first-order valence-corrected chi connectivity index (χ1v) is 12.7. The van der Waals surface area contributed by atoms with Gasteiger partial charge in [0.15, 0.2) is 11.6 Å². The Morgan fingerprint density at radius 2 is 2.05 bits per heavy atom. The van der Waals surface area contributed by atoms with E-state index < -0.39 is 5.41 Å². The molecular formula is C30H28FN5O2. The van der Waals surface area contributed by atoms with E-state index in [9.17, 15) is 9.59 Å². The fourth-order valence-corrected chi connectivity index (χ4v) is 5.87. The monoisotopic (exact) mass is 509 g/mol. The lowest BCUT2D eigenvalue weighted by atomic mass is 9.58. The summed E-state index contributed by atoms with van der Waals surface area (Å²) in [6, 6.07) is 10.3. The summed E-state index contributed by atoms with van der Waals surface area (Å²) in [7, 11) is 0. The van der Waals surface area contributed by atoms with Crippen LogP contribution in [-0.2, 0) is 27.8 Å². The number of aromatic nitrogens is 3. The van der Waals surface area contributed by atoms with Gasteiger partial charge in [-0.15, -0.1) is 0 Å². The van der Waals surface area contributed by atoms with Gasteiger partial charge in [-0.3, -0.25) is 9.78 Å². The Kier molecular flexibility index (Phi) is 6.62. The summed E-state index contributed by atoms with van der Waals surface area (Å²) in [5, 5.41) is 2.77. The fraction of sp³-hybridized carbons (Fsp3) is 0.333. The Morgan fingerprint density at radius 3 is 2.79 bits per heavy atom. The molecule has 1 N–H and O–H groups in total. The molecule has 0 aliphatic heterocycles. The maximum atomic E-state index is 15.1. The zero-order valence-electron chi connectivity index (χ0n) is 21.6. The van der Waals surface area contributed by atoms with Gasteiger partial charge in [-0.2, -0.15) is 0 Å². The molecule has 0 saturated carbocycles. The van der Waals surface area contributed by atoms with Crippen molar-refractivity contribution >= 4 is 11.7 Å². The van der Waals surface area contributed by atoms with Crippen LogP contribution < -0.4 is 5.32 Å². The molecule has 0 bridgehead atoms. The molecule has 5 rings (SSSR count). The van der Waals surface area contributed by atoms with Crippen molar-refractivity contribution in [2.24, 2.45) is 11.8 Å². The van der Waals surface area contributed by atoms with Crippen LogP contribution in [0.4, 0.5) is 4.39 Å². The molecule has 2 aliphatic carbocycles. The zero-order valence-corrected chi connectivity index (χ0v) is 21.6. The number of nitrogens with zero attached hydrogens (tertiary/aromatic N) is 4. The van der Waals surface area contributed by atoms with E-state index >= 15 is 4.39 Å². The maximum Gasteiger partial charge on any atom is 0.226 e. The molecule has 192 valence electrons. The van der Waals surface area contributed by atoms with Gasteiger partial charge in [0.25, 0.3) is 0 Å². The molecule has 1 amide bonds. The van der Waals surface area contributed by atoms with E-state index in [2.05, 4.69) is 15.1 Å². The number of fused-ring (bicyclic) bond motifs is 3. The molecular weight excluding hydrogens is 481 g/mol. The number of rotatable bonds is 5. The van der Waals surface area contributed by atoms with Crippen LogP contribution in [0, 0.1) is 24.2 Å². The smallest absolute Gasteiger partial charge is 0.226 e. The number of nitrogens with one attached hydrogen (secondary N) is 1. The Balaban J connectivity index is 1.71. The molecule has 7 nitrogen and oxygen atoms in total. The molecule has 0 saturated heterocycles. The second kappa shape index (κ2) is 9.90. The molecule has 1 aromatic carbocycles. The molecule has 0 radical (unpaired) electrons. The minimum atomic E-state index is -0.681. The van der Waals surface area contributed by atoms with Crippen LogP contribution in [-0.4, -0.2) is 33.2 Å². The van der Waals surface area contributed by atoms with Crippen LogP contribution >= 0.6 is 0 Å². The third kappa shape index (κ3) is 4.38. The first-order chi connectivity index (χ1) is 18.2. The van der Waals surface area contributed by atoms with Gasteiger partial charge in [0.1, 0.15) is 5.82 Å². The molecule has 0 fully saturated rings. The summed E-state index contributed by atoms with van der Waals surface area (Å²) >= 11 is 0. The van der Waals surface area contributed by atoms with Gasteiger partial charge in [-0.1, -0.05) is 32.1 Å². The minimum Gasteiger partial charge on any atom is -0.356 e. The van der Waals surface area contributed by atoms with Crippen molar-refractivity contribution < 1.29 is 14.0 Å². The average molecular weight is 510 g/mol. The van der Waals surface area contributed by atoms with Crippen LogP contribution in [0.5, 0.6) is 0 Å². The highest BCUT2D eigenvalue weighted by Gasteiger charge is 2.49. The number of halogens is 1. The van der Waals surface area contributed by atoms with Gasteiger partial charge >= 0.3 is 0 Å². The van der Waals surface area contributed by atoms with Gasteiger partial charge in [0, 0.05) is 59.8 Å². The van der Waals surface area contributed by atoms with E-state index in [0.717, 1.165) is 22.5 Å². The molecule has 38 heavy (non-hydrogen) atoms. The lowest BCUT2D eigenvalue weighted by Gasteiger charge is -2.46. The van der Waals surface area contributed by atoms with E-state index in [1.165, 1.54) is 13.0 Å². The fourth-order valence-electron chi connectivity index (χ4n) is 5.87. The molecule has 2 aromatic heterocycles. The summed E-state index contributed by atoms with van der Waals surface area (Å²) in [5.41, 5.74) is 3.43. The number of allylic oxidation sites excluding steroid dienone is 2. The number of hydrogen-bond donors (Lipinski definition) is 1. The standard InChI is InChI=1S/C30H28FN5O2/c1-17-23-10-9-22-26(21-7-5-6-8-24(21)31)35-29(19-11-13-34-20(15-19)12-14-33-18(2)37)36-28(22)30(23,3)16-25(32-4)27(17)38/h5-8,11,13,15-17,23H,9-10,12,14H2,1-3H3,(H,33,37)/t17-,23-,30-/m1/s1. The second-order valence-electron chi connectivity index (χ2n) is 10.2. The highest BCUT2D eigenvalue weighted by molar-refractivity contribution is 6.00. The van der Waals surface area contributed by atoms with Crippen molar-refractivity contribution in [3.8, 4) is 22.6 Å². The van der Waals surface area contributed by atoms with Crippen LogP contribution in [0.2, 0.25) is 0 Å². The highest BCUT2D eigenvalue weighted by atomic mass is 19.1. The van der Waals surface area contributed by atoms with Crippen LogP contribution in [0.25, 0.3) is 27.5 Å². The highest BCUT2D eigenvalue weighted by Crippen LogP contribution is 2.51. The van der Waals surface area contributed by atoms with Gasteiger partial charge in [0.05, 0.1) is 18.0 Å². The molecule has 0 unspecified atom stereocenters. The van der Waals surface area contributed by atoms with E-state index in [0.29, 0.717) is 42.9 Å². The van der Waals surface area contributed by atoms with Crippen molar-refractivity contribution in [1.82, 2.24) is 20.3 Å². The van der Waals surface area contributed by atoms with Crippen molar-refractivity contribution in [2.75, 3.05) is 6.54 Å². The topological polar surface area (TPSA) is 89.2 Å². The first kappa shape index (κ1) is 25.4. The first-order valence-electron chi connectivity index (χ1n) is 12.7. The van der Waals surface area contributed by atoms with E-state index in [1.807, 2.05) is 26.0 Å². The summed E-state index contributed by atoms with van der Waals surface area (Å²) in [6.07, 6.45) is 5.29. The third-order valence-electron chi connectivity index (χ3n) is 7.78. The SMILES string of the molecule is [C-]#[N+]C1=C[C@@]2(C)c3nc(-c4ccnc(CCNC(C)=O)c4)nc(-c4ccccc4F)c3CC[C@@H]2[C@@H](C)C1=O. The lowest BCUT2D eigenvalue weighted by molar-refractivity contribution is -0.122. The Labute approximate surface area is 221 Å². The van der Waals surface area contributed by atoms with Crippen molar-refractivity contribution in [3.05, 3.63) is 88.6 Å². The van der Waals surface area contributed by atoms with E-state index in [4.69, 9.17) is 16.5 Å². The van der Waals surface area contributed by atoms with Gasteiger partial charge in [0.2, 0.25) is 11.6 Å². The number of Topliss-reactive ketones (excluding diaryl/α,β-unsaturated/α-hetero) is 1. The predicted molar refractivity (Wildman–Crippen MR) is 141 cm³/mol. The van der Waals surface area contributed by atoms with Crippen molar-refractivity contribution in [3.63, 3.8) is 0 Å². The summed E-state index contributed by atoms with van der Waals surface area (Å²) in [4.78, 5) is 42.0. The molecule has 8 heteroatoms. The quantitative estimate of drug-likeness (QED) is 0.496. The summed E-state index contributed by atoms with van der Waals surface area (Å²) < 4.78 is 15.1. The number of pyridine rings is 1. The Hall–Kier alpha value is -4.25. The van der Waals surface area contributed by atoms with E-state index in [-0.39, 0.29) is 35.0 Å². The molecule has 3 atom stereocenters. The number of benzene rings is 1. The maximum absolute atomic E-state index is 15.1. The zero-order chi connectivity index (χ0) is 27.0. The van der Waals surface area contributed by atoms with E-state index in [1.54, 1.807) is 30.5 Å². The minimum absolute atomic E-state index is 0.0325. The Morgan fingerprint density at radius 1 is 1.26 bits per heavy atom. The summed E-state index contributed by atoms with van der Waals surface area (Å²) in [6.45, 7) is 13.4. The normalized spacial score (nSPS) is 22.1. The van der Waals surface area contributed by atoms with Gasteiger partial charge in [-0.25, -0.2) is 19.2 Å². The molecule has 3 aromatic rings. The summed E-state index contributed by atoms with van der Waals surface area (Å²) in [5.74, 6) is -0.541. The number of ketones is 1. The van der Waals surface area contributed by atoms with Crippen LogP contribution in [0.1, 0.15) is 44.1 Å². The third-order valence-corrected chi connectivity index (χ3v) is 7.78. The number of amides is 1. The number of carbonyl (C=O) groups is 2. The average Bonchev–Trinajstić information content (AvgIpc) is 2.90. The predicted octanol–water partition coefficient (Wildman–Crippen LogP) is 4.87. The lowest BCUT2D eigenvalue weighted by Crippen LogP contribution is -2.46. The molecule has 2 aliphatic rings. The van der Waals surface area contributed by atoms with Crippen LogP contribution in [0.3, 0.4) is 0 Å². The van der Waals surface area contributed by atoms with Crippen molar-refractivity contribution in [2.45, 2.75) is 45.4 Å². The Bertz CT molecular complexity index is 1530. The molecule has 2 heterocycles. The largest absolute Gasteiger partial charge is 0.356 e. The second-order valence-corrected chi connectivity index (χ2v) is 10.2. The van der Waals surface area contributed by atoms with Crippen LogP contribution in [0.15, 0.2) is 54.4 Å².